The Morgan fingerprint density at radius 1 is 0.964 bits per heavy atom. The molecule has 4 aliphatic rings. The maximum atomic E-state index is 13.0. The molecule has 3 heteroatoms. The normalized spacial score (nSPS) is 32.7. The Morgan fingerprint density at radius 3 is 2.57 bits per heavy atom. The average molecular weight is 373 g/mol. The molecule has 1 amide bonds. The molecule has 2 aromatic carbocycles. The second kappa shape index (κ2) is 6.37. The van der Waals surface area contributed by atoms with E-state index >= 15 is 0 Å². The molecule has 1 N–H and O–H groups in total. The van der Waals surface area contributed by atoms with E-state index in [1.165, 1.54) is 36.1 Å². The number of hydrogen-bond acceptors (Lipinski definition) is 2. The number of carbonyl (C=O) groups is 1. The molecule has 2 bridgehead atoms. The van der Waals surface area contributed by atoms with Gasteiger partial charge in [-0.3, -0.25) is 4.79 Å². The zero-order chi connectivity index (χ0) is 18.7. The summed E-state index contributed by atoms with van der Waals surface area (Å²) in [6.07, 6.45) is 6.39. The molecule has 0 aromatic heterocycles. The number of anilines is 1. The minimum atomic E-state index is 0.227. The molecule has 2 heterocycles. The summed E-state index contributed by atoms with van der Waals surface area (Å²) >= 11 is 0. The Kier molecular flexibility index (Phi) is 3.78. The fourth-order valence-corrected chi connectivity index (χ4v) is 6.71. The Hall–Kier alpha value is -2.29. The highest BCUT2D eigenvalue weighted by molar-refractivity contribution is 5.95. The topological polar surface area (TPSA) is 32.3 Å². The maximum absolute atomic E-state index is 13.0. The van der Waals surface area contributed by atoms with E-state index < -0.39 is 0 Å². The molecule has 2 aromatic rings. The monoisotopic (exact) mass is 372 g/mol. The molecule has 0 spiro atoms. The van der Waals surface area contributed by atoms with Gasteiger partial charge in [0.05, 0.1) is 6.04 Å². The van der Waals surface area contributed by atoms with Crippen LogP contribution in [0.5, 0.6) is 0 Å². The number of carbonyl (C=O) groups excluding carboxylic acids is 1. The van der Waals surface area contributed by atoms with Gasteiger partial charge in [-0.1, -0.05) is 30.3 Å². The van der Waals surface area contributed by atoms with Crippen molar-refractivity contribution in [2.75, 3.05) is 18.4 Å². The first-order valence-electron chi connectivity index (χ1n) is 11.0. The van der Waals surface area contributed by atoms with Crippen molar-refractivity contribution in [3.63, 3.8) is 0 Å². The van der Waals surface area contributed by atoms with Crippen molar-refractivity contribution in [2.24, 2.45) is 17.8 Å². The summed E-state index contributed by atoms with van der Waals surface area (Å²) in [5, 5.41) is 3.88. The van der Waals surface area contributed by atoms with Gasteiger partial charge in [0.25, 0.3) is 5.91 Å². The Morgan fingerprint density at radius 2 is 1.75 bits per heavy atom. The molecular weight excluding hydrogens is 344 g/mol. The standard InChI is InChI=1S/C25H28N2O/c28-25(27-12-4-5-13-27)19-10-11-21-20(15-19)22-17-8-9-18(14-17)23(22)24(26-21)16-6-2-1-3-7-16/h1-3,6-7,10-11,15,17-18,22-24,26H,4-5,8-9,12-14H2/t17-,18-,22-,23-,24-/m0/s1. The SMILES string of the molecule is O=C(c1ccc2c(c1)[C@@H]1[C@H]3CC[C@@H](C3)[C@@H]1[C@H](c1ccccc1)N2)N1CCCC1. The zero-order valence-electron chi connectivity index (χ0n) is 16.3. The molecule has 3 nitrogen and oxygen atoms in total. The van der Waals surface area contributed by atoms with Gasteiger partial charge in [0.15, 0.2) is 0 Å². The van der Waals surface area contributed by atoms with E-state index in [0.717, 1.165) is 43.3 Å². The number of fused-ring (bicyclic) bond motifs is 7. The van der Waals surface area contributed by atoms with E-state index in [0.29, 0.717) is 17.9 Å². The summed E-state index contributed by atoms with van der Waals surface area (Å²) in [7, 11) is 0. The van der Waals surface area contributed by atoms with E-state index in [-0.39, 0.29) is 5.91 Å². The third-order valence-electron chi connectivity index (χ3n) is 7.89. The molecule has 5 atom stereocenters. The number of likely N-dealkylation sites (tertiary alicyclic amines) is 1. The molecule has 2 saturated carbocycles. The summed E-state index contributed by atoms with van der Waals surface area (Å²) in [6, 6.07) is 17.8. The summed E-state index contributed by atoms with van der Waals surface area (Å²) in [4.78, 5) is 15.0. The van der Waals surface area contributed by atoms with Crippen LogP contribution in [-0.4, -0.2) is 23.9 Å². The van der Waals surface area contributed by atoms with Crippen LogP contribution in [0.3, 0.4) is 0 Å². The lowest BCUT2D eigenvalue weighted by Crippen LogP contribution is -2.36. The fraction of sp³-hybridized carbons (Fsp3) is 0.480. The van der Waals surface area contributed by atoms with Crippen LogP contribution in [0, 0.1) is 17.8 Å². The molecule has 0 unspecified atom stereocenters. The highest BCUT2D eigenvalue weighted by Gasteiger charge is 2.53. The molecule has 3 fully saturated rings. The van der Waals surface area contributed by atoms with Crippen LogP contribution in [0.4, 0.5) is 5.69 Å². The Labute approximate surface area is 167 Å². The van der Waals surface area contributed by atoms with Crippen molar-refractivity contribution >= 4 is 11.6 Å². The summed E-state index contributed by atoms with van der Waals surface area (Å²) in [6.45, 7) is 1.84. The number of hydrogen-bond donors (Lipinski definition) is 1. The Balaban J connectivity index is 1.41. The molecule has 144 valence electrons. The second-order valence-electron chi connectivity index (χ2n) is 9.27. The number of nitrogens with one attached hydrogen (secondary N) is 1. The van der Waals surface area contributed by atoms with Gasteiger partial charge >= 0.3 is 0 Å². The fourth-order valence-electron chi connectivity index (χ4n) is 6.71. The molecular formula is C25H28N2O. The van der Waals surface area contributed by atoms with Crippen molar-refractivity contribution in [3.05, 3.63) is 65.2 Å². The van der Waals surface area contributed by atoms with Crippen molar-refractivity contribution in [1.29, 1.82) is 0 Å². The number of rotatable bonds is 2. The van der Waals surface area contributed by atoms with Gasteiger partial charge in [0.2, 0.25) is 0 Å². The minimum absolute atomic E-state index is 0.227. The van der Waals surface area contributed by atoms with E-state index in [1.807, 2.05) is 11.0 Å². The predicted octanol–water partition coefficient (Wildman–Crippen LogP) is 5.22. The van der Waals surface area contributed by atoms with E-state index in [4.69, 9.17) is 0 Å². The van der Waals surface area contributed by atoms with Crippen LogP contribution in [0.25, 0.3) is 0 Å². The lowest BCUT2D eigenvalue weighted by molar-refractivity contribution is 0.0792. The summed E-state index contributed by atoms with van der Waals surface area (Å²) in [5.41, 5.74) is 4.96. The predicted molar refractivity (Wildman–Crippen MR) is 111 cm³/mol. The van der Waals surface area contributed by atoms with Gasteiger partial charge in [0.1, 0.15) is 0 Å². The molecule has 0 radical (unpaired) electrons. The second-order valence-corrected chi connectivity index (χ2v) is 9.27. The molecule has 28 heavy (non-hydrogen) atoms. The third kappa shape index (κ3) is 2.45. The van der Waals surface area contributed by atoms with Crippen molar-refractivity contribution < 1.29 is 4.79 Å². The van der Waals surface area contributed by atoms with Gasteiger partial charge in [0, 0.05) is 24.3 Å². The first-order valence-corrected chi connectivity index (χ1v) is 11.0. The average Bonchev–Trinajstić information content (AvgIpc) is 3.51. The van der Waals surface area contributed by atoms with Crippen LogP contribution in [0.15, 0.2) is 48.5 Å². The van der Waals surface area contributed by atoms with Crippen LogP contribution in [0.2, 0.25) is 0 Å². The maximum Gasteiger partial charge on any atom is 0.253 e. The lowest BCUT2D eigenvalue weighted by Gasteiger charge is -2.43. The quantitative estimate of drug-likeness (QED) is 0.784. The lowest BCUT2D eigenvalue weighted by atomic mass is 9.68. The van der Waals surface area contributed by atoms with Crippen LogP contribution < -0.4 is 5.32 Å². The first-order chi connectivity index (χ1) is 13.8. The molecule has 1 saturated heterocycles. The first kappa shape index (κ1) is 16.6. The molecule has 2 aliphatic heterocycles. The number of nitrogens with zero attached hydrogens (tertiary/aromatic N) is 1. The molecule has 2 aliphatic carbocycles. The van der Waals surface area contributed by atoms with E-state index in [9.17, 15) is 4.79 Å². The van der Waals surface area contributed by atoms with Crippen molar-refractivity contribution in [3.8, 4) is 0 Å². The van der Waals surface area contributed by atoms with Crippen molar-refractivity contribution in [1.82, 2.24) is 4.90 Å². The van der Waals surface area contributed by atoms with Crippen LogP contribution in [0.1, 0.15) is 65.5 Å². The Bertz CT molecular complexity index is 902. The van der Waals surface area contributed by atoms with Crippen LogP contribution in [-0.2, 0) is 0 Å². The summed E-state index contributed by atoms with van der Waals surface area (Å²) in [5.74, 6) is 3.10. The van der Waals surface area contributed by atoms with Crippen molar-refractivity contribution in [2.45, 2.75) is 44.1 Å². The van der Waals surface area contributed by atoms with Gasteiger partial charge in [-0.2, -0.15) is 0 Å². The van der Waals surface area contributed by atoms with E-state index in [1.54, 1.807) is 0 Å². The minimum Gasteiger partial charge on any atom is -0.378 e. The van der Waals surface area contributed by atoms with Gasteiger partial charge < -0.3 is 10.2 Å². The highest BCUT2D eigenvalue weighted by atomic mass is 16.2. The number of benzene rings is 2. The number of amides is 1. The van der Waals surface area contributed by atoms with Gasteiger partial charge in [-0.05, 0) is 85.1 Å². The summed E-state index contributed by atoms with van der Waals surface area (Å²) < 4.78 is 0. The van der Waals surface area contributed by atoms with Gasteiger partial charge in [-0.15, -0.1) is 0 Å². The smallest absolute Gasteiger partial charge is 0.253 e. The molecule has 6 rings (SSSR count). The van der Waals surface area contributed by atoms with Crippen LogP contribution >= 0.6 is 0 Å². The zero-order valence-corrected chi connectivity index (χ0v) is 16.3. The van der Waals surface area contributed by atoms with E-state index in [2.05, 4.69) is 47.8 Å². The van der Waals surface area contributed by atoms with Gasteiger partial charge in [-0.25, -0.2) is 0 Å². The largest absolute Gasteiger partial charge is 0.378 e. The highest BCUT2D eigenvalue weighted by Crippen LogP contribution is 2.63. The third-order valence-corrected chi connectivity index (χ3v) is 7.89.